The van der Waals surface area contributed by atoms with Crippen LogP contribution < -0.4 is 0 Å². The quantitative estimate of drug-likeness (QED) is 0.546. The lowest BCUT2D eigenvalue weighted by atomic mass is 9.66. The van der Waals surface area contributed by atoms with Crippen molar-refractivity contribution < 1.29 is 0 Å². The van der Waals surface area contributed by atoms with Gasteiger partial charge in [-0.3, -0.25) is 0 Å². The van der Waals surface area contributed by atoms with Crippen molar-refractivity contribution in [2.45, 2.75) is 85.5 Å². The lowest BCUT2D eigenvalue weighted by molar-refractivity contribution is 0.100. The highest BCUT2D eigenvalue weighted by Crippen LogP contribution is 2.42. The first-order valence-electron chi connectivity index (χ1n) is 8.28. The fourth-order valence-corrected chi connectivity index (χ4v) is 4.32. The second kappa shape index (κ2) is 8.16. The number of rotatable bonds is 5. The summed E-state index contributed by atoms with van der Waals surface area (Å²) in [5, 5.41) is 0. The van der Waals surface area contributed by atoms with Gasteiger partial charge in [-0.15, -0.1) is 0 Å². The zero-order chi connectivity index (χ0) is 12.7. The number of hydrogen-bond donors (Lipinski definition) is 0. The molecule has 0 radical (unpaired) electrons. The van der Waals surface area contributed by atoms with Gasteiger partial charge < -0.3 is 0 Å². The first-order valence-corrected chi connectivity index (χ1v) is 8.28. The molecule has 0 spiro atoms. The van der Waals surface area contributed by atoms with Gasteiger partial charge in [0.25, 0.3) is 0 Å². The average molecular weight is 238 g/mol. The molecule has 0 aromatic rings. The van der Waals surface area contributed by atoms with E-state index in [0.29, 0.717) is 0 Å². The Labute approximate surface area is 110 Å². The Morgan fingerprint density at radius 2 is 1.24 bits per heavy atom. The van der Waals surface area contributed by atoms with Gasteiger partial charge in [0.05, 0.1) is 0 Å². The van der Waals surface area contributed by atoms with Crippen molar-refractivity contribution in [3.8, 4) is 0 Å². The smallest absolute Gasteiger partial charge is 0.0329 e. The molecule has 1 fully saturated rings. The maximum atomic E-state index is 2.42. The minimum absolute atomic E-state index is 0.989. The SMILES string of the molecule is CCC(CC)C1C(CC)CCCCCC1CC. The minimum Gasteiger partial charge on any atom is -0.0651 e. The number of hydrogen-bond acceptors (Lipinski definition) is 0. The van der Waals surface area contributed by atoms with E-state index in [0.717, 1.165) is 23.7 Å². The van der Waals surface area contributed by atoms with Gasteiger partial charge in [0.1, 0.15) is 0 Å². The lowest BCUT2D eigenvalue weighted by Gasteiger charge is -2.40. The minimum atomic E-state index is 0.989. The molecule has 1 rings (SSSR count). The average Bonchev–Trinajstić information content (AvgIpc) is 2.34. The summed E-state index contributed by atoms with van der Waals surface area (Å²) in [5.74, 6) is 4.05. The van der Waals surface area contributed by atoms with Crippen LogP contribution >= 0.6 is 0 Å². The highest BCUT2D eigenvalue weighted by atomic mass is 14.4. The van der Waals surface area contributed by atoms with E-state index < -0.39 is 0 Å². The van der Waals surface area contributed by atoms with Gasteiger partial charge in [-0.1, -0.05) is 85.5 Å². The zero-order valence-electron chi connectivity index (χ0n) is 12.7. The van der Waals surface area contributed by atoms with Crippen LogP contribution in [0.5, 0.6) is 0 Å². The Kier molecular flexibility index (Phi) is 7.23. The van der Waals surface area contributed by atoms with Crippen molar-refractivity contribution in [2.24, 2.45) is 23.7 Å². The summed E-state index contributed by atoms with van der Waals surface area (Å²) < 4.78 is 0. The summed E-state index contributed by atoms with van der Waals surface area (Å²) in [4.78, 5) is 0. The Morgan fingerprint density at radius 3 is 1.59 bits per heavy atom. The summed E-state index contributed by atoms with van der Waals surface area (Å²) >= 11 is 0. The molecule has 0 aromatic carbocycles. The van der Waals surface area contributed by atoms with E-state index in [2.05, 4.69) is 27.7 Å². The largest absolute Gasteiger partial charge is 0.0651 e. The van der Waals surface area contributed by atoms with Crippen LogP contribution in [0.25, 0.3) is 0 Å². The molecular formula is C17H34. The van der Waals surface area contributed by atoms with Crippen molar-refractivity contribution in [2.75, 3.05) is 0 Å². The van der Waals surface area contributed by atoms with Gasteiger partial charge in [0.15, 0.2) is 0 Å². The van der Waals surface area contributed by atoms with Gasteiger partial charge in [-0.25, -0.2) is 0 Å². The van der Waals surface area contributed by atoms with E-state index in [1.54, 1.807) is 0 Å². The fourth-order valence-electron chi connectivity index (χ4n) is 4.32. The molecule has 2 unspecified atom stereocenters. The van der Waals surface area contributed by atoms with Crippen LogP contribution in [-0.2, 0) is 0 Å². The topological polar surface area (TPSA) is 0 Å². The Morgan fingerprint density at radius 1 is 0.765 bits per heavy atom. The second-order valence-corrected chi connectivity index (χ2v) is 6.13. The van der Waals surface area contributed by atoms with Gasteiger partial charge in [0, 0.05) is 0 Å². The van der Waals surface area contributed by atoms with Crippen LogP contribution in [-0.4, -0.2) is 0 Å². The van der Waals surface area contributed by atoms with Crippen LogP contribution in [0.3, 0.4) is 0 Å². The second-order valence-electron chi connectivity index (χ2n) is 6.13. The van der Waals surface area contributed by atoms with Gasteiger partial charge in [0.2, 0.25) is 0 Å². The third kappa shape index (κ3) is 4.00. The third-order valence-electron chi connectivity index (χ3n) is 5.38. The van der Waals surface area contributed by atoms with Gasteiger partial charge >= 0.3 is 0 Å². The molecule has 0 saturated heterocycles. The molecule has 2 atom stereocenters. The predicted molar refractivity (Wildman–Crippen MR) is 78.2 cm³/mol. The lowest BCUT2D eigenvalue weighted by Crippen LogP contribution is -2.31. The Hall–Kier alpha value is 0. The molecule has 17 heavy (non-hydrogen) atoms. The molecule has 0 nitrogen and oxygen atoms in total. The first kappa shape index (κ1) is 15.1. The molecular weight excluding hydrogens is 204 g/mol. The monoisotopic (exact) mass is 238 g/mol. The van der Waals surface area contributed by atoms with Crippen LogP contribution in [0, 0.1) is 23.7 Å². The molecule has 1 aliphatic rings. The highest BCUT2D eigenvalue weighted by Gasteiger charge is 2.32. The zero-order valence-corrected chi connectivity index (χ0v) is 12.7. The summed E-state index contributed by atoms with van der Waals surface area (Å²) in [7, 11) is 0. The molecule has 1 aliphatic carbocycles. The molecule has 0 amide bonds. The van der Waals surface area contributed by atoms with Crippen LogP contribution in [0.15, 0.2) is 0 Å². The van der Waals surface area contributed by atoms with E-state index in [4.69, 9.17) is 0 Å². The maximum Gasteiger partial charge on any atom is -0.0329 e. The molecule has 0 aliphatic heterocycles. The van der Waals surface area contributed by atoms with Gasteiger partial charge in [-0.2, -0.15) is 0 Å². The van der Waals surface area contributed by atoms with Crippen LogP contribution in [0.1, 0.15) is 85.5 Å². The van der Waals surface area contributed by atoms with Gasteiger partial charge in [-0.05, 0) is 23.7 Å². The summed E-state index contributed by atoms with van der Waals surface area (Å²) in [6, 6.07) is 0. The van der Waals surface area contributed by atoms with Crippen molar-refractivity contribution in [3.05, 3.63) is 0 Å². The van der Waals surface area contributed by atoms with Crippen molar-refractivity contribution in [1.82, 2.24) is 0 Å². The Bertz CT molecular complexity index is 166. The molecule has 0 bridgehead atoms. The normalized spacial score (nSPS) is 31.2. The highest BCUT2D eigenvalue weighted by molar-refractivity contribution is 4.82. The molecule has 0 N–H and O–H groups in total. The summed E-state index contributed by atoms with van der Waals surface area (Å²) in [6.07, 6.45) is 13.1. The van der Waals surface area contributed by atoms with E-state index in [-0.39, 0.29) is 0 Å². The van der Waals surface area contributed by atoms with Crippen molar-refractivity contribution >= 4 is 0 Å². The molecule has 0 heteroatoms. The third-order valence-corrected chi connectivity index (χ3v) is 5.38. The molecule has 0 aromatic heterocycles. The maximum absolute atomic E-state index is 2.42. The summed E-state index contributed by atoms with van der Waals surface area (Å²) in [6.45, 7) is 9.67. The van der Waals surface area contributed by atoms with Crippen molar-refractivity contribution in [1.29, 1.82) is 0 Å². The van der Waals surface area contributed by atoms with E-state index >= 15 is 0 Å². The van der Waals surface area contributed by atoms with Crippen LogP contribution in [0.2, 0.25) is 0 Å². The predicted octanol–water partition coefficient (Wildman–Crippen LogP) is 6.06. The van der Waals surface area contributed by atoms with Crippen LogP contribution in [0.4, 0.5) is 0 Å². The molecule has 0 heterocycles. The standard InChI is InChI=1S/C17H34/c1-5-14(6-2)17-15(7-3)12-10-9-11-13-16(17)8-4/h14-17H,5-13H2,1-4H3. The first-order chi connectivity index (χ1) is 8.28. The van der Waals surface area contributed by atoms with E-state index in [9.17, 15) is 0 Å². The molecule has 102 valence electrons. The Balaban J connectivity index is 2.82. The van der Waals surface area contributed by atoms with E-state index in [1.807, 2.05) is 0 Å². The molecule has 1 saturated carbocycles. The summed E-state index contributed by atoms with van der Waals surface area (Å²) in [5.41, 5.74) is 0. The van der Waals surface area contributed by atoms with E-state index in [1.165, 1.54) is 57.8 Å². The fraction of sp³-hybridized carbons (Fsp3) is 1.00. The van der Waals surface area contributed by atoms with Crippen molar-refractivity contribution in [3.63, 3.8) is 0 Å².